The van der Waals surface area contributed by atoms with Crippen molar-refractivity contribution in [2.45, 2.75) is 70.4 Å². The lowest BCUT2D eigenvalue weighted by molar-refractivity contribution is -0.117. The van der Waals surface area contributed by atoms with Gasteiger partial charge in [0.15, 0.2) is 0 Å². The molecule has 0 spiro atoms. The molecule has 0 atom stereocenters. The van der Waals surface area contributed by atoms with Crippen LogP contribution in [-0.2, 0) is 4.79 Å². The van der Waals surface area contributed by atoms with Crippen LogP contribution in [0.1, 0.15) is 58.8 Å². The highest BCUT2D eigenvalue weighted by Crippen LogP contribution is 2.42. The van der Waals surface area contributed by atoms with E-state index in [0.717, 1.165) is 37.7 Å². The maximum Gasteiger partial charge on any atom is 0.227 e. The molecule has 2 aliphatic heterocycles. The number of carbonyl (C=O) groups is 1. The smallest absolute Gasteiger partial charge is 0.227 e. The zero-order chi connectivity index (χ0) is 18.1. The van der Waals surface area contributed by atoms with E-state index >= 15 is 0 Å². The summed E-state index contributed by atoms with van der Waals surface area (Å²) in [6, 6.07) is 9.24. The van der Waals surface area contributed by atoms with Gasteiger partial charge >= 0.3 is 0 Å². The molecule has 3 aliphatic rings. The molecule has 0 radical (unpaired) electrons. The number of amides is 1. The molecule has 1 saturated carbocycles. The number of hydrogen-bond acceptors (Lipinski definition) is 3. The molecule has 1 aromatic rings. The highest BCUT2D eigenvalue weighted by molar-refractivity contribution is 5.95. The highest BCUT2D eigenvalue weighted by Gasteiger charge is 2.44. The predicted molar refractivity (Wildman–Crippen MR) is 108 cm³/mol. The first kappa shape index (κ1) is 17.8. The molecule has 0 aromatic heterocycles. The number of nitrogens with zero attached hydrogens (tertiary/aromatic N) is 2. The second-order valence-corrected chi connectivity index (χ2v) is 8.95. The minimum Gasteiger partial charge on any atom is -0.371 e. The maximum atomic E-state index is 12.0. The normalized spacial score (nSPS) is 23.1. The van der Waals surface area contributed by atoms with Gasteiger partial charge in [0.25, 0.3) is 0 Å². The Morgan fingerprint density at radius 3 is 2.50 bits per heavy atom. The third-order valence-electron chi connectivity index (χ3n) is 6.24. The maximum absolute atomic E-state index is 12.0. The van der Waals surface area contributed by atoms with E-state index in [9.17, 15) is 4.79 Å². The van der Waals surface area contributed by atoms with Gasteiger partial charge in [-0.1, -0.05) is 19.9 Å². The van der Waals surface area contributed by atoms with Gasteiger partial charge in [0.05, 0.1) is 0 Å². The molecule has 2 saturated heterocycles. The van der Waals surface area contributed by atoms with Gasteiger partial charge in [0.1, 0.15) is 0 Å². The summed E-state index contributed by atoms with van der Waals surface area (Å²) in [7, 11) is 0. The van der Waals surface area contributed by atoms with Crippen molar-refractivity contribution in [1.29, 1.82) is 0 Å². The van der Waals surface area contributed by atoms with Crippen molar-refractivity contribution in [2.75, 3.05) is 29.4 Å². The molecule has 1 aliphatic carbocycles. The van der Waals surface area contributed by atoms with Crippen LogP contribution in [0.25, 0.3) is 0 Å². The number of carbonyl (C=O) groups excluding carboxylic acids is 1. The summed E-state index contributed by atoms with van der Waals surface area (Å²) in [5.74, 6) is 1.05. The molecule has 1 N–H and O–H groups in total. The minimum absolute atomic E-state index is 0.268. The summed E-state index contributed by atoms with van der Waals surface area (Å²) in [6.07, 6.45) is 8.14. The molecule has 2 heterocycles. The van der Waals surface area contributed by atoms with E-state index in [-0.39, 0.29) is 5.91 Å². The Morgan fingerprint density at radius 1 is 1.15 bits per heavy atom. The van der Waals surface area contributed by atoms with E-state index in [2.05, 4.69) is 48.3 Å². The van der Waals surface area contributed by atoms with Crippen LogP contribution in [0.3, 0.4) is 0 Å². The van der Waals surface area contributed by atoms with Crippen LogP contribution in [0.4, 0.5) is 11.4 Å². The Kier molecular flexibility index (Phi) is 4.96. The first-order chi connectivity index (χ1) is 12.5. The zero-order valence-electron chi connectivity index (χ0n) is 16.3. The number of piperidine rings is 1. The molecule has 1 aromatic carbocycles. The molecular weight excluding hydrogens is 322 g/mol. The number of nitrogens with one attached hydrogen (secondary N) is 1. The summed E-state index contributed by atoms with van der Waals surface area (Å²) >= 11 is 0. The molecule has 4 heteroatoms. The quantitative estimate of drug-likeness (QED) is 0.839. The summed E-state index contributed by atoms with van der Waals surface area (Å²) in [5, 5.41) is 3.99. The first-order valence-corrected chi connectivity index (χ1v) is 10.5. The van der Waals surface area contributed by atoms with Crippen molar-refractivity contribution in [2.24, 2.45) is 5.92 Å². The summed E-state index contributed by atoms with van der Waals surface area (Å²) in [5.41, 5.74) is 2.79. The lowest BCUT2D eigenvalue weighted by Gasteiger charge is -2.36. The average molecular weight is 356 g/mol. The highest BCUT2D eigenvalue weighted by atomic mass is 16.2. The molecule has 0 bridgehead atoms. The van der Waals surface area contributed by atoms with E-state index in [1.165, 1.54) is 37.8 Å². The van der Waals surface area contributed by atoms with Crippen molar-refractivity contribution in [3.63, 3.8) is 0 Å². The molecule has 0 unspecified atom stereocenters. The lowest BCUT2D eigenvalue weighted by atomic mass is 9.97. The minimum atomic E-state index is 0.268. The van der Waals surface area contributed by atoms with Crippen LogP contribution in [0.2, 0.25) is 0 Å². The zero-order valence-corrected chi connectivity index (χ0v) is 16.3. The number of anilines is 2. The summed E-state index contributed by atoms with van der Waals surface area (Å²) in [4.78, 5) is 16.5. The standard InChI is InChI=1S/C22H33N3O/c1-17(2)16-22(10-11-22)23-18-8-13-24(14-9-18)19-5-3-6-20(15-19)25-12-4-7-21(25)26/h3,5-6,15,17-18,23H,4,7-14,16H2,1-2H3. The van der Waals surface area contributed by atoms with Gasteiger partial charge in [-0.15, -0.1) is 0 Å². The Labute approximate surface area is 157 Å². The van der Waals surface area contributed by atoms with Crippen molar-refractivity contribution in [3.05, 3.63) is 24.3 Å². The SMILES string of the molecule is CC(C)CC1(NC2CCN(c3cccc(N4CCCC4=O)c3)CC2)CC1. The van der Waals surface area contributed by atoms with Gasteiger partial charge in [-0.2, -0.15) is 0 Å². The van der Waals surface area contributed by atoms with Gasteiger partial charge < -0.3 is 15.1 Å². The lowest BCUT2D eigenvalue weighted by Crippen LogP contribution is -2.47. The fraction of sp³-hybridized carbons (Fsp3) is 0.682. The van der Waals surface area contributed by atoms with Crippen LogP contribution < -0.4 is 15.1 Å². The van der Waals surface area contributed by atoms with Crippen molar-refractivity contribution >= 4 is 17.3 Å². The predicted octanol–water partition coefficient (Wildman–Crippen LogP) is 3.95. The molecule has 3 fully saturated rings. The summed E-state index contributed by atoms with van der Waals surface area (Å²) < 4.78 is 0. The van der Waals surface area contributed by atoms with E-state index in [1.807, 2.05) is 4.90 Å². The van der Waals surface area contributed by atoms with Crippen molar-refractivity contribution in [1.82, 2.24) is 5.32 Å². The van der Waals surface area contributed by atoms with Crippen molar-refractivity contribution in [3.8, 4) is 0 Å². The number of benzene rings is 1. The van der Waals surface area contributed by atoms with Crippen molar-refractivity contribution < 1.29 is 4.79 Å². The van der Waals surface area contributed by atoms with E-state index in [4.69, 9.17) is 0 Å². The van der Waals surface area contributed by atoms with Crippen LogP contribution in [0.5, 0.6) is 0 Å². The van der Waals surface area contributed by atoms with E-state index < -0.39 is 0 Å². The van der Waals surface area contributed by atoms with Gasteiger partial charge in [0.2, 0.25) is 5.91 Å². The Morgan fingerprint density at radius 2 is 1.88 bits per heavy atom. The molecule has 4 rings (SSSR count). The van der Waals surface area contributed by atoms with Crippen LogP contribution in [0, 0.1) is 5.92 Å². The topological polar surface area (TPSA) is 35.6 Å². The van der Waals surface area contributed by atoms with Gasteiger partial charge in [-0.25, -0.2) is 0 Å². The average Bonchev–Trinajstić information content (AvgIpc) is 3.22. The molecule has 4 nitrogen and oxygen atoms in total. The molecular formula is C22H33N3O. The summed E-state index contributed by atoms with van der Waals surface area (Å²) in [6.45, 7) is 7.75. The van der Waals surface area contributed by atoms with E-state index in [0.29, 0.717) is 18.0 Å². The van der Waals surface area contributed by atoms with Gasteiger partial charge in [-0.05, 0) is 62.6 Å². The largest absolute Gasteiger partial charge is 0.371 e. The van der Waals surface area contributed by atoms with Crippen LogP contribution >= 0.6 is 0 Å². The molecule has 1 amide bonds. The van der Waals surface area contributed by atoms with Gasteiger partial charge in [-0.3, -0.25) is 4.79 Å². The Balaban J connectivity index is 1.34. The third-order valence-corrected chi connectivity index (χ3v) is 6.24. The molecule has 26 heavy (non-hydrogen) atoms. The van der Waals surface area contributed by atoms with E-state index in [1.54, 1.807) is 0 Å². The fourth-order valence-electron chi connectivity index (χ4n) is 4.83. The Hall–Kier alpha value is -1.55. The fourth-order valence-corrected chi connectivity index (χ4v) is 4.83. The second kappa shape index (κ2) is 7.22. The Bertz CT molecular complexity index is 645. The second-order valence-electron chi connectivity index (χ2n) is 8.95. The van der Waals surface area contributed by atoms with Gasteiger partial charge in [0, 0.05) is 49.0 Å². The first-order valence-electron chi connectivity index (χ1n) is 10.5. The number of rotatable bonds is 6. The van der Waals surface area contributed by atoms with Crippen LogP contribution in [-0.4, -0.2) is 37.1 Å². The molecule has 142 valence electrons. The number of hydrogen-bond donors (Lipinski definition) is 1. The third kappa shape index (κ3) is 3.90. The van der Waals surface area contributed by atoms with Crippen LogP contribution in [0.15, 0.2) is 24.3 Å². The monoisotopic (exact) mass is 355 g/mol.